The molecule has 1 atom stereocenters. The number of fused-ring (bicyclic) bond motifs is 1. The summed E-state index contributed by atoms with van der Waals surface area (Å²) in [6.45, 7) is 2.05. The van der Waals surface area contributed by atoms with E-state index in [1.807, 2.05) is 30.3 Å². The van der Waals surface area contributed by atoms with Crippen LogP contribution in [0.4, 0.5) is 11.6 Å². The number of nitrogens with zero attached hydrogens (tertiary/aromatic N) is 2. The van der Waals surface area contributed by atoms with Gasteiger partial charge in [0, 0.05) is 29.1 Å². The Hall–Kier alpha value is -2.53. The Bertz CT molecular complexity index is 872. The second-order valence-corrected chi connectivity index (χ2v) is 7.07. The Kier molecular flexibility index (Phi) is 3.86. The molecule has 1 aliphatic rings. The van der Waals surface area contributed by atoms with Crippen LogP contribution >= 0.6 is 11.3 Å². The first-order valence-corrected chi connectivity index (χ1v) is 8.83. The molecule has 0 fully saturated rings. The summed E-state index contributed by atoms with van der Waals surface area (Å²) in [7, 11) is 0. The maximum atomic E-state index is 12.4. The fourth-order valence-corrected chi connectivity index (χ4v) is 3.83. The minimum atomic E-state index is 0.136. The van der Waals surface area contributed by atoms with E-state index in [9.17, 15) is 4.79 Å². The Labute approximate surface area is 144 Å². The minimum absolute atomic E-state index is 0.136. The third kappa shape index (κ3) is 2.95. The predicted octanol–water partition coefficient (Wildman–Crippen LogP) is 4.50. The molecule has 5 heteroatoms. The van der Waals surface area contributed by atoms with Gasteiger partial charge in [0.2, 0.25) is 5.95 Å². The molecule has 120 valence electrons. The van der Waals surface area contributed by atoms with Crippen molar-refractivity contribution >= 4 is 28.8 Å². The molecule has 0 saturated heterocycles. The summed E-state index contributed by atoms with van der Waals surface area (Å²) >= 11 is 1.70. The number of carbonyl (C=O) groups excluding carboxylic acids is 1. The van der Waals surface area contributed by atoms with E-state index in [2.05, 4.69) is 33.7 Å². The van der Waals surface area contributed by atoms with Crippen molar-refractivity contribution in [2.75, 3.05) is 5.32 Å². The van der Waals surface area contributed by atoms with Gasteiger partial charge in [0.05, 0.1) is 11.3 Å². The average Bonchev–Trinajstić information content (AvgIpc) is 3.11. The molecule has 1 aromatic carbocycles. The number of thiophene rings is 1. The average molecular weight is 335 g/mol. The lowest BCUT2D eigenvalue weighted by Crippen LogP contribution is -2.20. The van der Waals surface area contributed by atoms with E-state index >= 15 is 0 Å². The lowest BCUT2D eigenvalue weighted by atomic mass is 9.86. The van der Waals surface area contributed by atoms with Crippen molar-refractivity contribution in [1.29, 1.82) is 0 Å². The van der Waals surface area contributed by atoms with E-state index in [1.165, 1.54) is 10.4 Å². The highest BCUT2D eigenvalue weighted by molar-refractivity contribution is 7.10. The van der Waals surface area contributed by atoms with Crippen molar-refractivity contribution in [3.8, 4) is 0 Å². The van der Waals surface area contributed by atoms with Gasteiger partial charge < -0.3 is 5.32 Å². The van der Waals surface area contributed by atoms with Crippen molar-refractivity contribution in [1.82, 2.24) is 9.97 Å². The second-order valence-electron chi connectivity index (χ2n) is 6.09. The Balaban J connectivity index is 1.61. The van der Waals surface area contributed by atoms with E-state index < -0.39 is 0 Å². The van der Waals surface area contributed by atoms with Crippen LogP contribution in [0, 0.1) is 6.92 Å². The van der Waals surface area contributed by atoms with E-state index in [0.29, 0.717) is 17.9 Å². The quantitative estimate of drug-likeness (QED) is 0.765. The number of benzene rings is 1. The molecule has 0 amide bonds. The van der Waals surface area contributed by atoms with Gasteiger partial charge in [-0.25, -0.2) is 9.97 Å². The Morgan fingerprint density at radius 1 is 1.17 bits per heavy atom. The fourth-order valence-electron chi connectivity index (χ4n) is 3.00. The maximum Gasteiger partial charge on any atom is 0.227 e. The second kappa shape index (κ2) is 6.17. The van der Waals surface area contributed by atoms with Crippen LogP contribution in [-0.2, 0) is 6.42 Å². The van der Waals surface area contributed by atoms with Gasteiger partial charge in [-0.1, -0.05) is 23.8 Å². The predicted molar refractivity (Wildman–Crippen MR) is 96.2 cm³/mol. The molecule has 1 N–H and O–H groups in total. The standard InChI is InChI=1S/C19H17N3OS/c1-12-4-6-14(7-5-12)21-19-20-11-15-16(22-19)9-13(10-17(15)23)18-3-2-8-24-18/h2-8,11,13H,9-10H2,1H3,(H,20,21,22). The number of hydrogen-bond donors (Lipinski definition) is 1. The van der Waals surface area contributed by atoms with Gasteiger partial charge in [0.1, 0.15) is 0 Å². The van der Waals surface area contributed by atoms with Crippen LogP contribution < -0.4 is 5.32 Å². The molecule has 0 radical (unpaired) electrons. The molecule has 3 aromatic rings. The van der Waals surface area contributed by atoms with Crippen LogP contribution in [0.25, 0.3) is 0 Å². The summed E-state index contributed by atoms with van der Waals surface area (Å²) in [5, 5.41) is 5.27. The normalized spacial score (nSPS) is 16.7. The van der Waals surface area contributed by atoms with Crippen molar-refractivity contribution in [2.45, 2.75) is 25.7 Å². The number of ketones is 1. The number of nitrogens with one attached hydrogen (secondary N) is 1. The maximum absolute atomic E-state index is 12.4. The highest BCUT2D eigenvalue weighted by atomic mass is 32.1. The molecule has 4 nitrogen and oxygen atoms in total. The lowest BCUT2D eigenvalue weighted by Gasteiger charge is -2.22. The third-order valence-corrected chi connectivity index (χ3v) is 5.33. The molecule has 0 saturated carbocycles. The van der Waals surface area contributed by atoms with Crippen LogP contribution in [0.1, 0.15) is 38.8 Å². The highest BCUT2D eigenvalue weighted by Crippen LogP contribution is 2.34. The summed E-state index contributed by atoms with van der Waals surface area (Å²) in [5.41, 5.74) is 3.65. The number of carbonyl (C=O) groups is 1. The highest BCUT2D eigenvalue weighted by Gasteiger charge is 2.28. The molecule has 0 spiro atoms. The summed E-state index contributed by atoms with van der Waals surface area (Å²) in [6, 6.07) is 12.2. The van der Waals surface area contributed by atoms with Crippen LogP contribution in [0.15, 0.2) is 48.0 Å². The van der Waals surface area contributed by atoms with Gasteiger partial charge in [-0.2, -0.15) is 0 Å². The molecule has 2 aromatic heterocycles. The number of aromatic nitrogens is 2. The summed E-state index contributed by atoms with van der Waals surface area (Å²) in [5.74, 6) is 0.904. The zero-order chi connectivity index (χ0) is 16.5. The Morgan fingerprint density at radius 2 is 2.00 bits per heavy atom. The van der Waals surface area contributed by atoms with Crippen LogP contribution in [0.3, 0.4) is 0 Å². The van der Waals surface area contributed by atoms with Gasteiger partial charge in [0.15, 0.2) is 5.78 Å². The molecule has 24 heavy (non-hydrogen) atoms. The minimum Gasteiger partial charge on any atom is -0.324 e. The van der Waals surface area contributed by atoms with E-state index in [1.54, 1.807) is 17.5 Å². The zero-order valence-electron chi connectivity index (χ0n) is 13.3. The number of hydrogen-bond acceptors (Lipinski definition) is 5. The first kappa shape index (κ1) is 15.0. The molecule has 1 unspecified atom stereocenters. The van der Waals surface area contributed by atoms with E-state index in [4.69, 9.17) is 0 Å². The van der Waals surface area contributed by atoms with Crippen LogP contribution in [-0.4, -0.2) is 15.8 Å². The van der Waals surface area contributed by atoms with Gasteiger partial charge in [-0.3, -0.25) is 4.79 Å². The van der Waals surface area contributed by atoms with Gasteiger partial charge in [-0.15, -0.1) is 11.3 Å². The molecule has 4 rings (SSSR count). The zero-order valence-corrected chi connectivity index (χ0v) is 14.1. The molecule has 2 heterocycles. The van der Waals surface area contributed by atoms with Crippen molar-refractivity contribution in [3.05, 3.63) is 69.7 Å². The third-order valence-electron chi connectivity index (χ3n) is 4.29. The smallest absolute Gasteiger partial charge is 0.227 e. The molecule has 0 bridgehead atoms. The Morgan fingerprint density at radius 3 is 2.75 bits per heavy atom. The number of rotatable bonds is 3. The molecular formula is C19H17N3OS. The SMILES string of the molecule is Cc1ccc(Nc2ncc3c(n2)CC(c2cccs2)CC3=O)cc1. The van der Waals surface area contributed by atoms with Crippen LogP contribution in [0.2, 0.25) is 0 Å². The van der Waals surface area contributed by atoms with Crippen molar-refractivity contribution in [2.24, 2.45) is 0 Å². The largest absolute Gasteiger partial charge is 0.324 e. The van der Waals surface area contributed by atoms with Crippen molar-refractivity contribution < 1.29 is 4.79 Å². The van der Waals surface area contributed by atoms with Gasteiger partial charge in [-0.05, 0) is 36.9 Å². The number of Topliss-reactive ketones (excluding diaryl/α,β-unsaturated/α-hetero) is 1. The fraction of sp³-hybridized carbons (Fsp3) is 0.211. The summed E-state index contributed by atoms with van der Waals surface area (Å²) < 4.78 is 0. The molecule has 1 aliphatic carbocycles. The lowest BCUT2D eigenvalue weighted by molar-refractivity contribution is 0.0963. The molecular weight excluding hydrogens is 318 g/mol. The number of anilines is 2. The summed E-state index contributed by atoms with van der Waals surface area (Å²) in [6.07, 6.45) is 2.99. The molecule has 0 aliphatic heterocycles. The first-order chi connectivity index (χ1) is 11.7. The van der Waals surface area contributed by atoms with E-state index in [-0.39, 0.29) is 11.7 Å². The number of aryl methyl sites for hydroxylation is 1. The van der Waals surface area contributed by atoms with Gasteiger partial charge in [0.25, 0.3) is 0 Å². The van der Waals surface area contributed by atoms with E-state index in [0.717, 1.165) is 17.8 Å². The van der Waals surface area contributed by atoms with Crippen molar-refractivity contribution in [3.63, 3.8) is 0 Å². The van der Waals surface area contributed by atoms with Gasteiger partial charge >= 0.3 is 0 Å². The van der Waals surface area contributed by atoms with Crippen LogP contribution in [0.5, 0.6) is 0 Å². The first-order valence-electron chi connectivity index (χ1n) is 7.95. The topological polar surface area (TPSA) is 54.9 Å². The summed E-state index contributed by atoms with van der Waals surface area (Å²) in [4.78, 5) is 22.6. The monoisotopic (exact) mass is 335 g/mol.